The van der Waals surface area contributed by atoms with Gasteiger partial charge in [0.2, 0.25) is 5.88 Å². The Morgan fingerprint density at radius 2 is 1.90 bits per heavy atom. The molecule has 1 aliphatic heterocycles. The van der Waals surface area contributed by atoms with Crippen molar-refractivity contribution < 1.29 is 19.9 Å². The number of nitrogens with zero attached hydrogens (tertiary/aromatic N) is 2. The zero-order chi connectivity index (χ0) is 21.5. The molecular formula is C23H22N3O4S+. The Balaban J connectivity index is 1.73. The number of nitrogens with two attached hydrogens (primary N) is 1. The summed E-state index contributed by atoms with van der Waals surface area (Å²) in [5, 5.41) is 14.7. The first kappa shape index (κ1) is 19.6. The molecule has 0 bridgehead atoms. The lowest BCUT2D eigenvalue weighted by molar-refractivity contribution is -0.690. The Labute approximate surface area is 182 Å². The Hall–Kier alpha value is -3.36. The molecule has 7 nitrogen and oxygen atoms in total. The normalized spacial score (nSPS) is 15.6. The quantitative estimate of drug-likeness (QED) is 0.513. The lowest BCUT2D eigenvalue weighted by atomic mass is 9.90. The van der Waals surface area contributed by atoms with Crippen LogP contribution >= 0.6 is 11.3 Å². The van der Waals surface area contributed by atoms with Crippen LogP contribution in [-0.4, -0.2) is 35.3 Å². The van der Waals surface area contributed by atoms with Crippen molar-refractivity contribution in [3.63, 3.8) is 0 Å². The van der Waals surface area contributed by atoms with E-state index in [9.17, 15) is 9.90 Å². The Kier molecular flexibility index (Phi) is 4.88. The van der Waals surface area contributed by atoms with E-state index in [2.05, 4.69) is 10.3 Å². The summed E-state index contributed by atoms with van der Waals surface area (Å²) in [5.41, 5.74) is 3.71. The number of fused-ring (bicyclic) bond motifs is 2. The van der Waals surface area contributed by atoms with E-state index in [1.54, 1.807) is 18.6 Å². The maximum atomic E-state index is 13.7. The van der Waals surface area contributed by atoms with Crippen LogP contribution in [0.4, 0.5) is 0 Å². The Morgan fingerprint density at radius 3 is 2.65 bits per heavy atom. The molecule has 0 saturated heterocycles. The fourth-order valence-electron chi connectivity index (χ4n) is 4.28. The van der Waals surface area contributed by atoms with E-state index in [0.717, 1.165) is 35.3 Å². The van der Waals surface area contributed by atoms with Crippen molar-refractivity contribution in [2.75, 3.05) is 20.8 Å². The van der Waals surface area contributed by atoms with Gasteiger partial charge in [0.1, 0.15) is 11.6 Å². The van der Waals surface area contributed by atoms with Crippen molar-refractivity contribution in [2.24, 2.45) is 0 Å². The van der Waals surface area contributed by atoms with Crippen molar-refractivity contribution >= 4 is 16.3 Å². The van der Waals surface area contributed by atoms with E-state index in [1.807, 2.05) is 47.8 Å². The molecule has 3 N–H and O–H groups in total. The third-order valence-corrected chi connectivity index (χ3v) is 6.59. The molecule has 0 radical (unpaired) electrons. The second kappa shape index (κ2) is 7.72. The number of methoxy groups -OCH3 is 2. The zero-order valence-electron chi connectivity index (χ0n) is 17.2. The number of quaternary nitrogens is 1. The van der Waals surface area contributed by atoms with Crippen LogP contribution in [0.3, 0.4) is 0 Å². The average Bonchev–Trinajstić information content (AvgIpc) is 3.22. The first-order valence-corrected chi connectivity index (χ1v) is 10.9. The molecule has 0 aliphatic carbocycles. The van der Waals surface area contributed by atoms with Gasteiger partial charge in [0, 0.05) is 17.4 Å². The summed E-state index contributed by atoms with van der Waals surface area (Å²) in [5.74, 6) is 1.02. The van der Waals surface area contributed by atoms with Crippen LogP contribution in [0.5, 0.6) is 17.4 Å². The smallest absolute Gasteiger partial charge is 0.272 e. The van der Waals surface area contributed by atoms with Gasteiger partial charge in [-0.2, -0.15) is 4.98 Å². The minimum atomic E-state index is -0.385. The maximum Gasteiger partial charge on any atom is 0.272 e. The second-order valence-electron chi connectivity index (χ2n) is 7.42. The molecule has 2 aromatic carbocycles. The van der Waals surface area contributed by atoms with Gasteiger partial charge in [-0.25, -0.2) is 0 Å². The lowest BCUT2D eigenvalue weighted by Gasteiger charge is -2.25. The monoisotopic (exact) mass is 436 g/mol. The van der Waals surface area contributed by atoms with Crippen molar-refractivity contribution in [3.05, 3.63) is 74.9 Å². The molecule has 8 heteroatoms. The molecule has 5 rings (SSSR count). The summed E-state index contributed by atoms with van der Waals surface area (Å²) < 4.78 is 12.5. The third-order valence-electron chi connectivity index (χ3n) is 5.76. The molecule has 158 valence electrons. The summed E-state index contributed by atoms with van der Waals surface area (Å²) >= 11 is 1.33. The van der Waals surface area contributed by atoms with Gasteiger partial charge >= 0.3 is 0 Å². The highest BCUT2D eigenvalue weighted by molar-refractivity contribution is 7.15. The fraction of sp³-hybridized carbons (Fsp3) is 0.217. The van der Waals surface area contributed by atoms with Gasteiger partial charge < -0.3 is 19.9 Å². The second-order valence-corrected chi connectivity index (χ2v) is 8.25. The largest absolute Gasteiger partial charge is 0.493 e. The number of benzene rings is 2. The molecule has 4 aromatic rings. The standard InChI is InChI=1S/C23H21N3O4S/c1-29-17-10-14-8-9-24-20(15(14)11-18(17)30-2)19-21(27)25-23-26(22(19)28)16(12-31-23)13-6-4-3-5-7-13/h3-7,10-12,20,24,27H,8-9H2,1-2H3/p+1/t20-/m1/s1. The van der Waals surface area contributed by atoms with Gasteiger partial charge in [-0.15, -0.1) is 11.3 Å². The number of rotatable bonds is 4. The number of ether oxygens (including phenoxy) is 2. The van der Waals surface area contributed by atoms with Crippen LogP contribution in [0.1, 0.15) is 22.7 Å². The van der Waals surface area contributed by atoms with Crippen LogP contribution in [0.2, 0.25) is 0 Å². The topological polar surface area (TPSA) is 89.7 Å². The van der Waals surface area contributed by atoms with Crippen LogP contribution < -0.4 is 20.3 Å². The van der Waals surface area contributed by atoms with Gasteiger partial charge in [-0.1, -0.05) is 30.3 Å². The predicted octanol–water partition coefficient (Wildman–Crippen LogP) is 2.35. The molecule has 3 heterocycles. The third kappa shape index (κ3) is 3.15. The molecule has 0 spiro atoms. The minimum Gasteiger partial charge on any atom is -0.493 e. The molecule has 1 aliphatic rings. The first-order chi connectivity index (χ1) is 15.1. The summed E-state index contributed by atoms with van der Waals surface area (Å²) in [6.07, 6.45) is 0.831. The van der Waals surface area contributed by atoms with E-state index in [4.69, 9.17) is 9.47 Å². The van der Waals surface area contributed by atoms with E-state index < -0.39 is 0 Å². The summed E-state index contributed by atoms with van der Waals surface area (Å²) in [6, 6.07) is 13.2. The number of aromatic nitrogens is 2. The van der Waals surface area contributed by atoms with Gasteiger partial charge in [0.05, 0.1) is 26.5 Å². The van der Waals surface area contributed by atoms with Crippen LogP contribution in [0, 0.1) is 0 Å². The van der Waals surface area contributed by atoms with Crippen molar-refractivity contribution in [1.29, 1.82) is 0 Å². The van der Waals surface area contributed by atoms with Crippen molar-refractivity contribution in [1.82, 2.24) is 9.38 Å². The molecular weight excluding hydrogens is 414 g/mol. The Bertz CT molecular complexity index is 1330. The van der Waals surface area contributed by atoms with Crippen LogP contribution in [0.15, 0.2) is 52.6 Å². The fourth-order valence-corrected chi connectivity index (χ4v) is 5.17. The first-order valence-electron chi connectivity index (χ1n) is 9.99. The van der Waals surface area contributed by atoms with Crippen molar-refractivity contribution in [2.45, 2.75) is 12.5 Å². The van der Waals surface area contributed by atoms with Gasteiger partial charge in [0.25, 0.3) is 5.56 Å². The molecule has 1 atom stereocenters. The molecule has 31 heavy (non-hydrogen) atoms. The SMILES string of the molecule is COc1cc2c(cc1OC)[C@H](c1c(O)nc3scc(-c4ccccc4)n3c1=O)[NH2+]CC2. The predicted molar refractivity (Wildman–Crippen MR) is 118 cm³/mol. The number of hydrogen-bond donors (Lipinski definition) is 2. The molecule has 0 saturated carbocycles. The maximum absolute atomic E-state index is 13.7. The number of hydrogen-bond acceptors (Lipinski definition) is 6. The summed E-state index contributed by atoms with van der Waals surface area (Å²) in [4.78, 5) is 18.5. The zero-order valence-corrected chi connectivity index (χ0v) is 18.0. The van der Waals surface area contributed by atoms with Crippen molar-refractivity contribution in [3.8, 4) is 28.6 Å². The summed E-state index contributed by atoms with van der Waals surface area (Å²) in [7, 11) is 3.19. The highest BCUT2D eigenvalue weighted by Crippen LogP contribution is 2.36. The lowest BCUT2D eigenvalue weighted by Crippen LogP contribution is -2.87. The molecule has 2 aromatic heterocycles. The summed E-state index contributed by atoms with van der Waals surface area (Å²) in [6.45, 7) is 0.782. The van der Waals surface area contributed by atoms with Crippen LogP contribution in [0.25, 0.3) is 16.2 Å². The molecule has 0 amide bonds. The van der Waals surface area contributed by atoms with E-state index >= 15 is 0 Å². The minimum absolute atomic E-state index is 0.227. The Morgan fingerprint density at radius 1 is 1.16 bits per heavy atom. The van der Waals surface area contributed by atoms with Crippen LogP contribution in [-0.2, 0) is 6.42 Å². The molecule has 0 fully saturated rings. The van der Waals surface area contributed by atoms with E-state index in [-0.39, 0.29) is 23.0 Å². The highest BCUT2D eigenvalue weighted by atomic mass is 32.1. The highest BCUT2D eigenvalue weighted by Gasteiger charge is 2.33. The van der Waals surface area contributed by atoms with E-state index in [1.165, 1.54) is 11.3 Å². The average molecular weight is 437 g/mol. The van der Waals surface area contributed by atoms with E-state index in [0.29, 0.717) is 16.5 Å². The molecule has 0 unspecified atom stereocenters. The van der Waals surface area contributed by atoms with Gasteiger partial charge in [-0.05, 0) is 23.3 Å². The number of aromatic hydroxyl groups is 1. The van der Waals surface area contributed by atoms with Gasteiger partial charge in [-0.3, -0.25) is 9.20 Å². The number of thiazole rings is 1. The van der Waals surface area contributed by atoms with Gasteiger partial charge in [0.15, 0.2) is 16.5 Å².